The van der Waals surface area contributed by atoms with Gasteiger partial charge in [0.1, 0.15) is 11.4 Å². The predicted molar refractivity (Wildman–Crippen MR) is 249 cm³/mol. The molecule has 0 aliphatic heterocycles. The van der Waals surface area contributed by atoms with Gasteiger partial charge in [0.15, 0.2) is 5.69 Å². The normalized spacial score (nSPS) is 12.7. The lowest BCUT2D eigenvalue weighted by Gasteiger charge is -2.31. The summed E-state index contributed by atoms with van der Waals surface area (Å²) in [6.07, 6.45) is 2.00. The molecule has 12 rings (SSSR count). The second-order valence-corrected chi connectivity index (χ2v) is 16.1. The van der Waals surface area contributed by atoms with Crippen molar-refractivity contribution in [1.82, 2.24) is 4.98 Å². The van der Waals surface area contributed by atoms with Gasteiger partial charge in [0.05, 0.1) is 5.41 Å². The van der Waals surface area contributed by atoms with Gasteiger partial charge in [0, 0.05) is 22.8 Å². The van der Waals surface area contributed by atoms with E-state index in [1.807, 2.05) is 6.33 Å². The molecule has 0 fully saturated rings. The summed E-state index contributed by atoms with van der Waals surface area (Å²) in [5, 5.41) is 0. The highest BCUT2D eigenvalue weighted by Crippen LogP contribution is 2.64. The Hall–Kier alpha value is -7.94. The van der Waals surface area contributed by atoms with E-state index in [4.69, 9.17) is 4.98 Å². The number of hydrogen-bond donors (Lipinski definition) is 0. The molecule has 0 radical (unpaired) electrons. The average molecular weight is 776 g/mol. The molecule has 1 spiro atoms. The minimum absolute atomic E-state index is 0.543. The molecule has 284 valence electrons. The van der Waals surface area contributed by atoms with E-state index in [1.54, 1.807) is 0 Å². The molecule has 0 unspecified atom stereocenters. The zero-order chi connectivity index (χ0) is 40.3. The Morgan fingerprint density at radius 2 is 0.803 bits per heavy atom. The molecule has 1 heterocycles. The van der Waals surface area contributed by atoms with Gasteiger partial charge in [-0.1, -0.05) is 206 Å². The summed E-state index contributed by atoms with van der Waals surface area (Å²) in [6, 6.07) is 84.2. The van der Waals surface area contributed by atoms with E-state index in [2.05, 4.69) is 235 Å². The summed E-state index contributed by atoms with van der Waals surface area (Å²) >= 11 is 0. The van der Waals surface area contributed by atoms with Gasteiger partial charge in [0.2, 0.25) is 0 Å². The van der Waals surface area contributed by atoms with Crippen molar-refractivity contribution in [2.24, 2.45) is 0 Å². The van der Waals surface area contributed by atoms with Crippen molar-refractivity contribution >= 4 is 0 Å². The lowest BCUT2D eigenvalue weighted by molar-refractivity contribution is -0.586. The second-order valence-electron chi connectivity index (χ2n) is 16.1. The number of hydrogen-bond acceptors (Lipinski definition) is 1. The first-order chi connectivity index (χ1) is 30.3. The van der Waals surface area contributed by atoms with Gasteiger partial charge in [-0.05, 0) is 95.5 Å². The van der Waals surface area contributed by atoms with E-state index in [0.717, 1.165) is 33.8 Å². The van der Waals surface area contributed by atoms with Gasteiger partial charge in [-0.3, -0.25) is 0 Å². The van der Waals surface area contributed by atoms with Gasteiger partial charge in [-0.25, -0.2) is 0 Å². The fraction of sp³-hybridized carbons (Fsp3) is 0.0169. The van der Waals surface area contributed by atoms with Crippen LogP contribution < -0.4 is 4.57 Å². The van der Waals surface area contributed by atoms with Crippen molar-refractivity contribution in [1.29, 1.82) is 0 Å². The molecule has 0 amide bonds. The number of para-hydroxylation sites is 1. The van der Waals surface area contributed by atoms with Gasteiger partial charge in [-0.2, -0.15) is 4.57 Å². The standard InChI is InChI=1S/C59H39N2/c1-5-18-40(19-6-1)44-32-34-46-47-35-33-45(41-20-7-2-8-21-41)37-54(47)59(53(46)36-44)51-29-15-13-27-50(51)58-49(28-17-30-52(58)59)48-26-14-16-31-56(48)61-39-60-55(42-22-9-3-10-23-42)38-57(61)43-24-11-4-12-25-43/h1-39H/q+1. The lowest BCUT2D eigenvalue weighted by atomic mass is 9.69. The number of fused-ring (bicyclic) bond motifs is 10. The van der Waals surface area contributed by atoms with Crippen LogP contribution in [0.2, 0.25) is 0 Å². The van der Waals surface area contributed by atoms with Crippen LogP contribution in [0.3, 0.4) is 0 Å². The summed E-state index contributed by atoms with van der Waals surface area (Å²) in [4.78, 5) is 5.09. The zero-order valence-corrected chi connectivity index (χ0v) is 33.4. The number of benzene rings is 9. The molecule has 1 aromatic heterocycles. The lowest BCUT2D eigenvalue weighted by Crippen LogP contribution is -2.34. The zero-order valence-electron chi connectivity index (χ0n) is 33.4. The van der Waals surface area contributed by atoms with Crippen LogP contribution in [0.1, 0.15) is 22.3 Å². The van der Waals surface area contributed by atoms with Crippen molar-refractivity contribution in [2.75, 3.05) is 0 Å². The summed E-state index contributed by atoms with van der Waals surface area (Å²) < 4.78 is 2.27. The van der Waals surface area contributed by atoms with Crippen LogP contribution in [-0.2, 0) is 5.41 Å². The van der Waals surface area contributed by atoms with E-state index >= 15 is 0 Å². The maximum Gasteiger partial charge on any atom is 0.292 e. The third kappa shape index (κ3) is 5.43. The maximum absolute atomic E-state index is 5.09. The largest absolute Gasteiger partial charge is 0.292 e. The van der Waals surface area contributed by atoms with E-state index < -0.39 is 5.41 Å². The van der Waals surface area contributed by atoms with E-state index in [0.29, 0.717) is 0 Å². The van der Waals surface area contributed by atoms with Gasteiger partial charge in [0.25, 0.3) is 6.33 Å². The van der Waals surface area contributed by atoms with Gasteiger partial charge >= 0.3 is 0 Å². The summed E-state index contributed by atoms with van der Waals surface area (Å²) in [6.45, 7) is 0. The quantitative estimate of drug-likeness (QED) is 0.154. The SMILES string of the molecule is c1ccc(-c2ccc3c(c2)C2(c4cc(-c5ccccc5)ccc4-3)c3ccccc3-c3c(-c4ccccc4-[n+]4cnc(-c5ccccc5)cc4-c4ccccc4)cccc32)cc1. The molecule has 2 nitrogen and oxygen atoms in total. The molecule has 9 aromatic carbocycles. The highest BCUT2D eigenvalue weighted by atomic mass is 15.0. The molecular weight excluding hydrogens is 737 g/mol. The Morgan fingerprint density at radius 1 is 0.311 bits per heavy atom. The molecule has 0 saturated carbocycles. The minimum atomic E-state index is -0.543. The van der Waals surface area contributed by atoms with Crippen LogP contribution >= 0.6 is 0 Å². The van der Waals surface area contributed by atoms with Crippen LogP contribution in [0.15, 0.2) is 237 Å². The summed E-state index contributed by atoms with van der Waals surface area (Å²) in [5.74, 6) is 0. The van der Waals surface area contributed by atoms with Crippen molar-refractivity contribution < 1.29 is 4.57 Å². The number of nitrogens with zero attached hydrogens (tertiary/aromatic N) is 2. The highest BCUT2D eigenvalue weighted by Gasteiger charge is 2.52. The van der Waals surface area contributed by atoms with E-state index in [1.165, 1.54) is 72.3 Å². The van der Waals surface area contributed by atoms with E-state index in [-0.39, 0.29) is 0 Å². The highest BCUT2D eigenvalue weighted by molar-refractivity contribution is 6.01. The third-order valence-electron chi connectivity index (χ3n) is 12.9. The Labute approximate surface area is 356 Å². The van der Waals surface area contributed by atoms with Crippen LogP contribution in [0.25, 0.3) is 83.8 Å². The molecule has 0 N–H and O–H groups in total. The average Bonchev–Trinajstić information content (AvgIpc) is 3.82. The Balaban J connectivity index is 1.13. The summed E-state index contributed by atoms with van der Waals surface area (Å²) in [7, 11) is 0. The minimum Gasteiger partial charge on any atom is -0.195 e. The van der Waals surface area contributed by atoms with Crippen LogP contribution in [0, 0.1) is 0 Å². The first-order valence-electron chi connectivity index (χ1n) is 21.0. The number of aromatic nitrogens is 2. The van der Waals surface area contributed by atoms with Crippen LogP contribution in [-0.4, -0.2) is 4.98 Å². The topological polar surface area (TPSA) is 16.8 Å². The van der Waals surface area contributed by atoms with Crippen LogP contribution in [0.4, 0.5) is 0 Å². The van der Waals surface area contributed by atoms with Crippen molar-refractivity contribution in [3.63, 3.8) is 0 Å². The molecule has 2 aliphatic rings. The third-order valence-corrected chi connectivity index (χ3v) is 12.9. The molecule has 0 atom stereocenters. The Kier molecular flexibility index (Phi) is 8.11. The fourth-order valence-corrected chi connectivity index (χ4v) is 10.2. The summed E-state index contributed by atoms with van der Waals surface area (Å²) in [5.41, 5.74) is 22.4. The first-order valence-corrected chi connectivity index (χ1v) is 21.0. The predicted octanol–water partition coefficient (Wildman–Crippen LogP) is 14.0. The van der Waals surface area contributed by atoms with E-state index in [9.17, 15) is 0 Å². The maximum atomic E-state index is 5.09. The second kappa shape index (κ2) is 14.1. The van der Waals surface area contributed by atoms with Crippen molar-refractivity contribution in [2.45, 2.75) is 5.41 Å². The van der Waals surface area contributed by atoms with Gasteiger partial charge in [-0.15, -0.1) is 0 Å². The molecule has 10 aromatic rings. The molecule has 61 heavy (non-hydrogen) atoms. The van der Waals surface area contributed by atoms with Crippen LogP contribution in [0.5, 0.6) is 0 Å². The molecule has 0 bridgehead atoms. The Bertz CT molecular complexity index is 3190. The van der Waals surface area contributed by atoms with Crippen molar-refractivity contribution in [3.8, 4) is 83.8 Å². The number of rotatable bonds is 6. The smallest absolute Gasteiger partial charge is 0.195 e. The molecule has 0 saturated heterocycles. The Morgan fingerprint density at radius 3 is 1.43 bits per heavy atom. The fourth-order valence-electron chi connectivity index (χ4n) is 10.2. The first kappa shape index (κ1) is 35.0. The monoisotopic (exact) mass is 775 g/mol. The van der Waals surface area contributed by atoms with Gasteiger partial charge < -0.3 is 0 Å². The molecular formula is C59H39N2+. The van der Waals surface area contributed by atoms with Crippen molar-refractivity contribution in [3.05, 3.63) is 259 Å². The molecule has 2 heteroatoms. The molecule has 2 aliphatic carbocycles.